The van der Waals surface area contributed by atoms with Gasteiger partial charge in [-0.25, -0.2) is 4.79 Å². The molecule has 1 atom stereocenters. The first kappa shape index (κ1) is 14.7. The van der Waals surface area contributed by atoms with E-state index in [9.17, 15) is 4.79 Å². The minimum Gasteiger partial charge on any atom is -0.462 e. The van der Waals surface area contributed by atoms with E-state index in [4.69, 9.17) is 10.5 Å². The summed E-state index contributed by atoms with van der Waals surface area (Å²) < 4.78 is 5.15. The van der Waals surface area contributed by atoms with E-state index in [1.807, 2.05) is 19.1 Å². The van der Waals surface area contributed by atoms with Gasteiger partial charge in [-0.15, -0.1) is 0 Å². The Morgan fingerprint density at radius 3 is 2.95 bits per heavy atom. The van der Waals surface area contributed by atoms with Crippen LogP contribution in [-0.2, 0) is 4.74 Å². The maximum atomic E-state index is 12.1. The standard InChI is InChI=1S/C16H24N2O2/c1-3-20-16(19)14-11-13(17)6-7-15(14)18-9-4-5-12(2)8-10-18/h6-7,11-12H,3-5,8-10,17H2,1-2H3. The third-order valence-corrected chi connectivity index (χ3v) is 3.87. The topological polar surface area (TPSA) is 55.6 Å². The van der Waals surface area contributed by atoms with Gasteiger partial charge in [0.25, 0.3) is 0 Å². The molecule has 1 aromatic rings. The number of hydrogen-bond donors (Lipinski definition) is 1. The average molecular weight is 276 g/mol. The molecule has 1 aliphatic heterocycles. The molecule has 0 aromatic heterocycles. The first-order valence-corrected chi connectivity index (χ1v) is 7.43. The van der Waals surface area contributed by atoms with E-state index in [0.717, 1.165) is 37.5 Å². The van der Waals surface area contributed by atoms with Crippen LogP contribution in [0, 0.1) is 5.92 Å². The van der Waals surface area contributed by atoms with Gasteiger partial charge < -0.3 is 15.4 Å². The quantitative estimate of drug-likeness (QED) is 0.681. The fourth-order valence-corrected chi connectivity index (χ4v) is 2.71. The Balaban J connectivity index is 2.27. The van der Waals surface area contributed by atoms with Gasteiger partial charge in [0.15, 0.2) is 0 Å². The molecule has 0 aliphatic carbocycles. The Kier molecular flexibility index (Phi) is 4.88. The van der Waals surface area contributed by atoms with Crippen LogP contribution in [0.2, 0.25) is 0 Å². The number of nitrogens with two attached hydrogens (primary N) is 1. The van der Waals surface area contributed by atoms with Crippen LogP contribution in [-0.4, -0.2) is 25.7 Å². The number of benzene rings is 1. The third kappa shape index (κ3) is 3.44. The van der Waals surface area contributed by atoms with Crippen molar-refractivity contribution >= 4 is 17.3 Å². The summed E-state index contributed by atoms with van der Waals surface area (Å²) in [6.07, 6.45) is 3.57. The number of esters is 1. The minimum atomic E-state index is -0.285. The fourth-order valence-electron chi connectivity index (χ4n) is 2.71. The number of anilines is 2. The zero-order valence-electron chi connectivity index (χ0n) is 12.4. The molecular weight excluding hydrogens is 252 g/mol. The van der Waals surface area contributed by atoms with Crippen LogP contribution in [0.1, 0.15) is 43.5 Å². The summed E-state index contributed by atoms with van der Waals surface area (Å²) in [4.78, 5) is 14.4. The van der Waals surface area contributed by atoms with Crippen LogP contribution in [0.25, 0.3) is 0 Å². The summed E-state index contributed by atoms with van der Waals surface area (Å²) in [6, 6.07) is 5.52. The zero-order chi connectivity index (χ0) is 14.5. The molecule has 1 fully saturated rings. The van der Waals surface area contributed by atoms with Crippen molar-refractivity contribution in [3.8, 4) is 0 Å². The molecule has 4 nitrogen and oxygen atoms in total. The number of nitrogens with zero attached hydrogens (tertiary/aromatic N) is 1. The molecule has 1 saturated heterocycles. The normalized spacial score (nSPS) is 19.5. The second kappa shape index (κ2) is 6.64. The van der Waals surface area contributed by atoms with E-state index in [1.54, 1.807) is 6.07 Å². The molecule has 1 aliphatic rings. The van der Waals surface area contributed by atoms with Crippen molar-refractivity contribution in [3.63, 3.8) is 0 Å². The lowest BCUT2D eigenvalue weighted by molar-refractivity contribution is 0.0527. The van der Waals surface area contributed by atoms with Crippen LogP contribution in [0.5, 0.6) is 0 Å². The van der Waals surface area contributed by atoms with Crippen LogP contribution >= 0.6 is 0 Å². The zero-order valence-corrected chi connectivity index (χ0v) is 12.4. The van der Waals surface area contributed by atoms with Crippen molar-refractivity contribution in [2.75, 3.05) is 30.3 Å². The van der Waals surface area contributed by atoms with Gasteiger partial charge in [-0.2, -0.15) is 0 Å². The average Bonchev–Trinajstić information content (AvgIpc) is 2.64. The van der Waals surface area contributed by atoms with E-state index >= 15 is 0 Å². The molecule has 1 heterocycles. The molecule has 1 aromatic carbocycles. The number of nitrogen functional groups attached to an aromatic ring is 1. The van der Waals surface area contributed by atoms with Crippen LogP contribution in [0.4, 0.5) is 11.4 Å². The molecule has 0 amide bonds. The molecule has 0 radical (unpaired) electrons. The highest BCUT2D eigenvalue weighted by Gasteiger charge is 2.20. The number of ether oxygens (including phenoxy) is 1. The lowest BCUT2D eigenvalue weighted by Crippen LogP contribution is -2.26. The Morgan fingerprint density at radius 1 is 1.40 bits per heavy atom. The fraction of sp³-hybridized carbons (Fsp3) is 0.562. The molecule has 4 heteroatoms. The summed E-state index contributed by atoms with van der Waals surface area (Å²) in [5.41, 5.74) is 7.95. The lowest BCUT2D eigenvalue weighted by atomic mass is 10.0. The molecule has 20 heavy (non-hydrogen) atoms. The van der Waals surface area contributed by atoms with Gasteiger partial charge in [-0.05, 0) is 50.3 Å². The third-order valence-electron chi connectivity index (χ3n) is 3.87. The second-order valence-electron chi connectivity index (χ2n) is 5.52. The first-order valence-electron chi connectivity index (χ1n) is 7.43. The van der Waals surface area contributed by atoms with Gasteiger partial charge in [0.05, 0.1) is 17.9 Å². The molecule has 0 saturated carbocycles. The predicted octanol–water partition coefficient (Wildman–Crippen LogP) is 3.07. The predicted molar refractivity (Wildman–Crippen MR) is 82.0 cm³/mol. The van der Waals surface area contributed by atoms with Crippen molar-refractivity contribution in [2.45, 2.75) is 33.1 Å². The van der Waals surface area contributed by atoms with Gasteiger partial charge >= 0.3 is 5.97 Å². The van der Waals surface area contributed by atoms with Gasteiger partial charge in [0.2, 0.25) is 0 Å². The second-order valence-corrected chi connectivity index (χ2v) is 5.52. The molecule has 110 valence electrons. The lowest BCUT2D eigenvalue weighted by Gasteiger charge is -2.25. The van der Waals surface area contributed by atoms with Crippen LogP contribution in [0.3, 0.4) is 0 Å². The highest BCUT2D eigenvalue weighted by Crippen LogP contribution is 2.27. The van der Waals surface area contributed by atoms with Crippen molar-refractivity contribution in [3.05, 3.63) is 23.8 Å². The summed E-state index contributed by atoms with van der Waals surface area (Å²) in [5.74, 6) is 0.465. The van der Waals surface area contributed by atoms with Gasteiger partial charge in [-0.1, -0.05) is 6.92 Å². The monoisotopic (exact) mass is 276 g/mol. The number of hydrogen-bond acceptors (Lipinski definition) is 4. The SMILES string of the molecule is CCOC(=O)c1cc(N)ccc1N1CCCC(C)CC1. The molecular formula is C16H24N2O2. The van der Waals surface area contributed by atoms with Crippen molar-refractivity contribution in [1.82, 2.24) is 0 Å². The van der Waals surface area contributed by atoms with Gasteiger partial charge in [0, 0.05) is 18.8 Å². The van der Waals surface area contributed by atoms with E-state index in [2.05, 4.69) is 11.8 Å². The van der Waals surface area contributed by atoms with E-state index in [0.29, 0.717) is 17.9 Å². The van der Waals surface area contributed by atoms with Crippen LogP contribution in [0.15, 0.2) is 18.2 Å². The summed E-state index contributed by atoms with van der Waals surface area (Å²) >= 11 is 0. The Hall–Kier alpha value is -1.71. The van der Waals surface area contributed by atoms with Crippen LogP contribution < -0.4 is 10.6 Å². The smallest absolute Gasteiger partial charge is 0.340 e. The molecule has 2 N–H and O–H groups in total. The van der Waals surface area contributed by atoms with Crippen molar-refractivity contribution in [2.24, 2.45) is 5.92 Å². The summed E-state index contributed by atoms with van der Waals surface area (Å²) in [5, 5.41) is 0. The number of carbonyl (C=O) groups is 1. The molecule has 0 spiro atoms. The van der Waals surface area contributed by atoms with Crippen molar-refractivity contribution < 1.29 is 9.53 Å². The van der Waals surface area contributed by atoms with Gasteiger partial charge in [-0.3, -0.25) is 0 Å². The Labute approximate surface area is 120 Å². The molecule has 1 unspecified atom stereocenters. The number of carbonyl (C=O) groups excluding carboxylic acids is 1. The number of rotatable bonds is 3. The van der Waals surface area contributed by atoms with E-state index in [-0.39, 0.29) is 5.97 Å². The molecule has 0 bridgehead atoms. The minimum absolute atomic E-state index is 0.285. The summed E-state index contributed by atoms with van der Waals surface area (Å²) in [7, 11) is 0. The maximum absolute atomic E-state index is 12.1. The van der Waals surface area contributed by atoms with E-state index in [1.165, 1.54) is 6.42 Å². The van der Waals surface area contributed by atoms with E-state index < -0.39 is 0 Å². The largest absolute Gasteiger partial charge is 0.462 e. The summed E-state index contributed by atoms with van der Waals surface area (Å²) in [6.45, 7) is 6.46. The Morgan fingerprint density at radius 2 is 2.20 bits per heavy atom. The van der Waals surface area contributed by atoms with Gasteiger partial charge in [0.1, 0.15) is 0 Å². The highest BCUT2D eigenvalue weighted by molar-refractivity contribution is 5.97. The molecule has 2 rings (SSSR count). The Bertz CT molecular complexity index is 474. The first-order chi connectivity index (χ1) is 9.61. The highest BCUT2D eigenvalue weighted by atomic mass is 16.5. The maximum Gasteiger partial charge on any atom is 0.340 e. The van der Waals surface area contributed by atoms with Crippen molar-refractivity contribution in [1.29, 1.82) is 0 Å².